The molecule has 0 unspecified atom stereocenters. The van der Waals surface area contributed by atoms with Crippen LogP contribution in [0.15, 0.2) is 60.7 Å². The number of hydrogen-bond acceptors (Lipinski definition) is 5. The van der Waals surface area contributed by atoms with Gasteiger partial charge in [0, 0.05) is 22.6 Å². The Hall–Kier alpha value is -3.74. The third-order valence-electron chi connectivity index (χ3n) is 4.69. The number of amides is 1. The normalized spacial score (nSPS) is 10.9. The van der Waals surface area contributed by atoms with Crippen molar-refractivity contribution in [3.8, 4) is 5.75 Å². The summed E-state index contributed by atoms with van der Waals surface area (Å²) in [5, 5.41) is 4.57. The fraction of sp³-hybridized carbons (Fsp3) is 0.217. The van der Waals surface area contributed by atoms with Crippen LogP contribution < -0.4 is 9.64 Å². The molecular formula is C23H23N5O2. The van der Waals surface area contributed by atoms with Crippen LogP contribution in [0.2, 0.25) is 0 Å². The number of benzene rings is 2. The molecule has 1 amide bonds. The highest BCUT2D eigenvalue weighted by molar-refractivity contribution is 6.05. The van der Waals surface area contributed by atoms with Crippen molar-refractivity contribution in [2.75, 3.05) is 11.5 Å². The van der Waals surface area contributed by atoms with Crippen molar-refractivity contribution in [1.29, 1.82) is 0 Å². The van der Waals surface area contributed by atoms with Gasteiger partial charge in [0.25, 0.3) is 11.7 Å². The minimum atomic E-state index is -0.125. The lowest BCUT2D eigenvalue weighted by Gasteiger charge is -2.22. The molecule has 0 atom stereocenters. The first kappa shape index (κ1) is 19.6. The number of hydrogen-bond donors (Lipinski definition) is 0. The number of ether oxygens (including phenoxy) is 1. The van der Waals surface area contributed by atoms with Gasteiger partial charge in [-0.05, 0) is 63.2 Å². The molecule has 0 bridgehead atoms. The zero-order chi connectivity index (χ0) is 21.1. The Morgan fingerprint density at radius 1 is 1.03 bits per heavy atom. The summed E-state index contributed by atoms with van der Waals surface area (Å²) >= 11 is 0. The van der Waals surface area contributed by atoms with Gasteiger partial charge in [0.05, 0.1) is 13.2 Å². The van der Waals surface area contributed by atoms with Gasteiger partial charge in [-0.3, -0.25) is 4.79 Å². The summed E-state index contributed by atoms with van der Waals surface area (Å²) in [6.07, 6.45) is 0. The summed E-state index contributed by atoms with van der Waals surface area (Å²) < 4.78 is 7.23. The summed E-state index contributed by atoms with van der Waals surface area (Å²) in [7, 11) is 0. The van der Waals surface area contributed by atoms with Crippen LogP contribution in [0.25, 0.3) is 5.78 Å². The molecule has 0 N–H and O–H groups in total. The maximum Gasteiger partial charge on any atom is 0.258 e. The number of carbonyl (C=O) groups is 1. The SMILES string of the molecule is CCOc1ccc(N(Cc2nc3nc(C)cc(C)n3n2)C(=O)c2ccccc2)cc1. The summed E-state index contributed by atoms with van der Waals surface area (Å²) in [4.78, 5) is 24.0. The lowest BCUT2D eigenvalue weighted by molar-refractivity contribution is 0.0984. The van der Waals surface area contributed by atoms with Crippen molar-refractivity contribution in [3.05, 3.63) is 83.4 Å². The zero-order valence-electron chi connectivity index (χ0n) is 17.2. The van der Waals surface area contributed by atoms with Crippen molar-refractivity contribution in [3.63, 3.8) is 0 Å². The highest BCUT2D eigenvalue weighted by Crippen LogP contribution is 2.23. The monoisotopic (exact) mass is 401 g/mol. The van der Waals surface area contributed by atoms with E-state index in [4.69, 9.17) is 4.74 Å². The molecule has 4 aromatic rings. The Labute approximate surface area is 175 Å². The number of fused-ring (bicyclic) bond motifs is 1. The molecular weight excluding hydrogens is 378 g/mol. The van der Waals surface area contributed by atoms with Gasteiger partial charge in [0.2, 0.25) is 0 Å². The van der Waals surface area contributed by atoms with E-state index in [0.29, 0.717) is 23.8 Å². The van der Waals surface area contributed by atoms with E-state index in [1.807, 2.05) is 69.3 Å². The predicted octanol–water partition coefficient (Wildman–Crippen LogP) is 3.99. The molecule has 2 heterocycles. The van der Waals surface area contributed by atoms with E-state index < -0.39 is 0 Å². The van der Waals surface area contributed by atoms with Crippen molar-refractivity contribution in [2.24, 2.45) is 0 Å². The predicted molar refractivity (Wildman–Crippen MR) is 115 cm³/mol. The van der Waals surface area contributed by atoms with E-state index in [2.05, 4.69) is 15.1 Å². The third-order valence-corrected chi connectivity index (χ3v) is 4.69. The van der Waals surface area contributed by atoms with E-state index in [1.54, 1.807) is 21.5 Å². The molecule has 152 valence electrons. The number of carbonyl (C=O) groups excluding carboxylic acids is 1. The molecule has 0 aliphatic rings. The topological polar surface area (TPSA) is 72.6 Å². The highest BCUT2D eigenvalue weighted by atomic mass is 16.5. The molecule has 0 saturated heterocycles. The smallest absolute Gasteiger partial charge is 0.258 e. The van der Waals surface area contributed by atoms with Crippen LogP contribution in [0.4, 0.5) is 5.69 Å². The summed E-state index contributed by atoms with van der Waals surface area (Å²) in [5.41, 5.74) is 3.16. The number of aryl methyl sites for hydroxylation is 2. The van der Waals surface area contributed by atoms with Gasteiger partial charge in [0.15, 0.2) is 5.82 Å². The highest BCUT2D eigenvalue weighted by Gasteiger charge is 2.21. The van der Waals surface area contributed by atoms with Crippen LogP contribution in [-0.4, -0.2) is 32.1 Å². The maximum absolute atomic E-state index is 13.3. The van der Waals surface area contributed by atoms with E-state index in [9.17, 15) is 4.79 Å². The van der Waals surface area contributed by atoms with Gasteiger partial charge >= 0.3 is 0 Å². The molecule has 2 aromatic heterocycles. The molecule has 0 fully saturated rings. The fourth-order valence-corrected chi connectivity index (χ4v) is 3.32. The Kier molecular flexibility index (Phi) is 5.43. The molecule has 0 spiro atoms. The summed E-state index contributed by atoms with van der Waals surface area (Å²) in [5.74, 6) is 1.68. The van der Waals surface area contributed by atoms with Crippen LogP contribution in [0, 0.1) is 13.8 Å². The molecule has 0 aliphatic heterocycles. The standard InChI is InChI=1S/C23H23N5O2/c1-4-30-20-12-10-19(11-13-20)27(22(29)18-8-6-5-7-9-18)15-21-25-23-24-16(2)14-17(3)28(23)26-21/h5-14H,4,15H2,1-3H3. The first-order chi connectivity index (χ1) is 14.5. The largest absolute Gasteiger partial charge is 0.494 e. The maximum atomic E-state index is 13.3. The second-order valence-electron chi connectivity index (χ2n) is 6.96. The van der Waals surface area contributed by atoms with Gasteiger partial charge < -0.3 is 9.64 Å². The summed E-state index contributed by atoms with van der Waals surface area (Å²) in [6, 6.07) is 18.6. The molecule has 7 nitrogen and oxygen atoms in total. The van der Waals surface area contributed by atoms with Crippen molar-refractivity contribution < 1.29 is 9.53 Å². The van der Waals surface area contributed by atoms with Crippen LogP contribution in [0.5, 0.6) is 5.75 Å². The number of nitrogens with zero attached hydrogens (tertiary/aromatic N) is 5. The van der Waals surface area contributed by atoms with E-state index in [-0.39, 0.29) is 12.5 Å². The molecule has 7 heteroatoms. The number of rotatable bonds is 6. The fourth-order valence-electron chi connectivity index (χ4n) is 3.32. The number of aromatic nitrogens is 4. The third kappa shape index (κ3) is 4.00. The van der Waals surface area contributed by atoms with Crippen LogP contribution >= 0.6 is 0 Å². The van der Waals surface area contributed by atoms with Crippen LogP contribution in [-0.2, 0) is 6.54 Å². The Morgan fingerprint density at radius 2 is 1.77 bits per heavy atom. The molecule has 0 radical (unpaired) electrons. The molecule has 0 saturated carbocycles. The first-order valence-electron chi connectivity index (χ1n) is 9.85. The minimum Gasteiger partial charge on any atom is -0.494 e. The summed E-state index contributed by atoms with van der Waals surface area (Å²) in [6.45, 7) is 6.63. The van der Waals surface area contributed by atoms with Crippen molar-refractivity contribution in [2.45, 2.75) is 27.3 Å². The lowest BCUT2D eigenvalue weighted by atomic mass is 10.1. The zero-order valence-corrected chi connectivity index (χ0v) is 17.2. The average molecular weight is 401 g/mol. The van der Waals surface area contributed by atoms with Gasteiger partial charge in [-0.15, -0.1) is 5.10 Å². The second kappa shape index (κ2) is 8.32. The Morgan fingerprint density at radius 3 is 2.47 bits per heavy atom. The van der Waals surface area contributed by atoms with Crippen molar-refractivity contribution in [1.82, 2.24) is 19.6 Å². The minimum absolute atomic E-state index is 0.125. The van der Waals surface area contributed by atoms with E-state index >= 15 is 0 Å². The Bertz CT molecular complexity index is 1170. The van der Waals surface area contributed by atoms with Crippen molar-refractivity contribution >= 4 is 17.4 Å². The molecule has 30 heavy (non-hydrogen) atoms. The first-order valence-corrected chi connectivity index (χ1v) is 9.85. The van der Waals surface area contributed by atoms with Crippen LogP contribution in [0.3, 0.4) is 0 Å². The molecule has 4 rings (SSSR count). The van der Waals surface area contributed by atoms with Gasteiger partial charge in [-0.1, -0.05) is 18.2 Å². The van der Waals surface area contributed by atoms with E-state index in [1.165, 1.54) is 0 Å². The molecule has 2 aromatic carbocycles. The lowest BCUT2D eigenvalue weighted by Crippen LogP contribution is -2.30. The average Bonchev–Trinajstić information content (AvgIpc) is 3.16. The Balaban J connectivity index is 1.71. The van der Waals surface area contributed by atoms with E-state index in [0.717, 1.165) is 22.8 Å². The van der Waals surface area contributed by atoms with Crippen LogP contribution in [0.1, 0.15) is 34.5 Å². The van der Waals surface area contributed by atoms with Gasteiger partial charge in [-0.25, -0.2) is 9.50 Å². The second-order valence-corrected chi connectivity index (χ2v) is 6.96. The van der Waals surface area contributed by atoms with Gasteiger partial charge in [0.1, 0.15) is 5.75 Å². The van der Waals surface area contributed by atoms with Gasteiger partial charge in [-0.2, -0.15) is 4.98 Å². The molecule has 0 aliphatic carbocycles. The quantitative estimate of drug-likeness (QED) is 0.489. The number of anilines is 1.